The van der Waals surface area contributed by atoms with E-state index in [0.717, 1.165) is 11.0 Å². The first-order valence-corrected chi connectivity index (χ1v) is 6.42. The molecule has 1 heterocycles. The second-order valence-corrected chi connectivity index (χ2v) is 4.96. The first-order valence-electron chi connectivity index (χ1n) is 5.63. The molecule has 0 aromatic heterocycles. The van der Waals surface area contributed by atoms with Crippen LogP contribution < -0.4 is 4.90 Å². The van der Waals surface area contributed by atoms with E-state index in [9.17, 15) is 0 Å². The summed E-state index contributed by atoms with van der Waals surface area (Å²) < 4.78 is 1.11. The molecule has 0 fully saturated rings. The van der Waals surface area contributed by atoms with Gasteiger partial charge in [-0.05, 0) is 35.9 Å². The molecule has 0 amide bonds. The standard InChI is InChI=1S/C15H12BrN/c16-13-7-9-14(10-8-13)17-11-3-5-12-4-1-2-6-15(12)17/h1-10H,11H2. The van der Waals surface area contributed by atoms with Crippen molar-refractivity contribution in [2.45, 2.75) is 0 Å². The number of anilines is 2. The summed E-state index contributed by atoms with van der Waals surface area (Å²) in [6.07, 6.45) is 4.38. The van der Waals surface area contributed by atoms with Gasteiger partial charge in [-0.25, -0.2) is 0 Å². The molecule has 0 atom stereocenters. The predicted octanol–water partition coefficient (Wildman–Crippen LogP) is 4.61. The van der Waals surface area contributed by atoms with Crippen molar-refractivity contribution in [1.29, 1.82) is 0 Å². The van der Waals surface area contributed by atoms with Crippen molar-refractivity contribution < 1.29 is 0 Å². The second kappa shape index (κ2) is 4.38. The molecule has 0 aliphatic carbocycles. The summed E-state index contributed by atoms with van der Waals surface area (Å²) >= 11 is 3.47. The lowest BCUT2D eigenvalue weighted by Gasteiger charge is -2.28. The Balaban J connectivity index is 2.05. The molecule has 0 radical (unpaired) electrons. The molecule has 0 N–H and O–H groups in total. The number of fused-ring (bicyclic) bond motifs is 1. The van der Waals surface area contributed by atoms with E-state index in [4.69, 9.17) is 0 Å². The molecule has 2 aromatic rings. The highest BCUT2D eigenvalue weighted by atomic mass is 79.9. The zero-order valence-corrected chi connectivity index (χ0v) is 10.9. The summed E-state index contributed by atoms with van der Waals surface area (Å²) in [5.41, 5.74) is 3.78. The van der Waals surface area contributed by atoms with Crippen molar-refractivity contribution >= 4 is 33.4 Å². The van der Waals surface area contributed by atoms with Gasteiger partial charge in [-0.1, -0.05) is 46.3 Å². The second-order valence-electron chi connectivity index (χ2n) is 4.05. The summed E-state index contributed by atoms with van der Waals surface area (Å²) in [6, 6.07) is 16.9. The summed E-state index contributed by atoms with van der Waals surface area (Å²) in [5, 5.41) is 0. The lowest BCUT2D eigenvalue weighted by atomic mass is 10.1. The fourth-order valence-electron chi connectivity index (χ4n) is 2.12. The molecule has 1 aliphatic rings. The lowest BCUT2D eigenvalue weighted by molar-refractivity contribution is 1.08. The van der Waals surface area contributed by atoms with Gasteiger partial charge in [-0.15, -0.1) is 0 Å². The Morgan fingerprint density at radius 2 is 1.71 bits per heavy atom. The highest BCUT2D eigenvalue weighted by Gasteiger charge is 2.13. The van der Waals surface area contributed by atoms with Crippen molar-refractivity contribution in [3.63, 3.8) is 0 Å². The molecular weight excluding hydrogens is 274 g/mol. The fraction of sp³-hybridized carbons (Fsp3) is 0.0667. The molecule has 0 saturated carbocycles. The Morgan fingerprint density at radius 3 is 2.53 bits per heavy atom. The number of rotatable bonds is 1. The highest BCUT2D eigenvalue weighted by Crippen LogP contribution is 2.32. The molecule has 17 heavy (non-hydrogen) atoms. The monoisotopic (exact) mass is 285 g/mol. The molecule has 3 rings (SSSR count). The molecule has 2 aromatic carbocycles. The fourth-order valence-corrected chi connectivity index (χ4v) is 2.39. The van der Waals surface area contributed by atoms with Gasteiger partial charge in [0.05, 0.1) is 0 Å². The van der Waals surface area contributed by atoms with Crippen molar-refractivity contribution in [3.05, 3.63) is 64.6 Å². The van der Waals surface area contributed by atoms with Crippen LogP contribution in [0.25, 0.3) is 6.08 Å². The predicted molar refractivity (Wildman–Crippen MR) is 76.6 cm³/mol. The van der Waals surface area contributed by atoms with Crippen LogP contribution in [0.1, 0.15) is 5.56 Å². The van der Waals surface area contributed by atoms with Crippen LogP contribution in [0.4, 0.5) is 11.4 Å². The van der Waals surface area contributed by atoms with E-state index in [1.807, 2.05) is 0 Å². The third-order valence-corrected chi connectivity index (χ3v) is 3.48. The number of halogens is 1. The molecule has 0 spiro atoms. The number of para-hydroxylation sites is 1. The van der Waals surface area contributed by atoms with Crippen LogP contribution >= 0.6 is 15.9 Å². The quantitative estimate of drug-likeness (QED) is 0.739. The van der Waals surface area contributed by atoms with E-state index in [1.165, 1.54) is 16.9 Å². The molecule has 84 valence electrons. The topological polar surface area (TPSA) is 3.24 Å². The van der Waals surface area contributed by atoms with Crippen LogP contribution in [0, 0.1) is 0 Å². The lowest BCUT2D eigenvalue weighted by Crippen LogP contribution is -2.19. The first kappa shape index (κ1) is 10.6. The Hall–Kier alpha value is -1.54. The van der Waals surface area contributed by atoms with Crippen LogP contribution in [0.15, 0.2) is 59.1 Å². The van der Waals surface area contributed by atoms with Crippen LogP contribution in [-0.4, -0.2) is 6.54 Å². The van der Waals surface area contributed by atoms with Crippen molar-refractivity contribution in [3.8, 4) is 0 Å². The van der Waals surface area contributed by atoms with Gasteiger partial charge < -0.3 is 4.90 Å². The SMILES string of the molecule is Brc1ccc(N2CC=Cc3ccccc32)cc1. The average Bonchev–Trinajstić information content (AvgIpc) is 2.39. The maximum atomic E-state index is 3.47. The zero-order chi connectivity index (χ0) is 11.7. The third kappa shape index (κ3) is 2.01. The average molecular weight is 286 g/mol. The Labute approximate surface area is 110 Å². The van der Waals surface area contributed by atoms with E-state index in [2.05, 4.69) is 81.5 Å². The van der Waals surface area contributed by atoms with Gasteiger partial charge in [-0.3, -0.25) is 0 Å². The van der Waals surface area contributed by atoms with Gasteiger partial charge >= 0.3 is 0 Å². The minimum absolute atomic E-state index is 0.929. The largest absolute Gasteiger partial charge is 0.337 e. The van der Waals surface area contributed by atoms with Crippen LogP contribution in [0.3, 0.4) is 0 Å². The molecule has 1 nitrogen and oxygen atoms in total. The van der Waals surface area contributed by atoms with Gasteiger partial charge in [-0.2, -0.15) is 0 Å². The number of hydrogen-bond acceptors (Lipinski definition) is 1. The van der Waals surface area contributed by atoms with Crippen LogP contribution in [0.2, 0.25) is 0 Å². The van der Waals surface area contributed by atoms with Gasteiger partial charge in [0, 0.05) is 22.4 Å². The minimum Gasteiger partial charge on any atom is -0.337 e. The zero-order valence-electron chi connectivity index (χ0n) is 9.31. The van der Waals surface area contributed by atoms with Gasteiger partial charge in [0.2, 0.25) is 0 Å². The third-order valence-electron chi connectivity index (χ3n) is 2.95. The van der Waals surface area contributed by atoms with E-state index in [-0.39, 0.29) is 0 Å². The van der Waals surface area contributed by atoms with E-state index >= 15 is 0 Å². The van der Waals surface area contributed by atoms with E-state index in [0.29, 0.717) is 0 Å². The molecule has 0 saturated heterocycles. The van der Waals surface area contributed by atoms with Gasteiger partial charge in [0.15, 0.2) is 0 Å². The summed E-state index contributed by atoms with van der Waals surface area (Å²) in [4.78, 5) is 2.32. The summed E-state index contributed by atoms with van der Waals surface area (Å²) in [5.74, 6) is 0. The van der Waals surface area contributed by atoms with Crippen molar-refractivity contribution in [2.75, 3.05) is 11.4 Å². The summed E-state index contributed by atoms with van der Waals surface area (Å²) in [7, 11) is 0. The van der Waals surface area contributed by atoms with E-state index in [1.54, 1.807) is 0 Å². The molecule has 0 bridgehead atoms. The van der Waals surface area contributed by atoms with Gasteiger partial charge in [0.25, 0.3) is 0 Å². The number of nitrogens with zero attached hydrogens (tertiary/aromatic N) is 1. The summed E-state index contributed by atoms with van der Waals surface area (Å²) in [6.45, 7) is 0.929. The van der Waals surface area contributed by atoms with Crippen molar-refractivity contribution in [2.24, 2.45) is 0 Å². The van der Waals surface area contributed by atoms with E-state index < -0.39 is 0 Å². The van der Waals surface area contributed by atoms with Crippen LogP contribution in [0.5, 0.6) is 0 Å². The number of benzene rings is 2. The normalized spacial score (nSPS) is 13.6. The molecule has 1 aliphatic heterocycles. The van der Waals surface area contributed by atoms with Gasteiger partial charge in [0.1, 0.15) is 0 Å². The number of hydrogen-bond donors (Lipinski definition) is 0. The minimum atomic E-state index is 0.929. The highest BCUT2D eigenvalue weighted by molar-refractivity contribution is 9.10. The molecule has 0 unspecified atom stereocenters. The van der Waals surface area contributed by atoms with Crippen molar-refractivity contribution in [1.82, 2.24) is 0 Å². The first-order chi connectivity index (χ1) is 8.34. The Morgan fingerprint density at radius 1 is 0.941 bits per heavy atom. The Kier molecular flexibility index (Phi) is 2.73. The van der Waals surface area contributed by atoms with Crippen LogP contribution in [-0.2, 0) is 0 Å². The Bertz CT molecular complexity index is 557. The maximum absolute atomic E-state index is 3.47. The maximum Gasteiger partial charge on any atom is 0.0487 e. The smallest absolute Gasteiger partial charge is 0.0487 e. The molecular formula is C15H12BrN. The molecule has 2 heteroatoms.